The van der Waals surface area contributed by atoms with Crippen molar-refractivity contribution in [3.63, 3.8) is 0 Å². The normalized spacial score (nSPS) is 19.3. The highest BCUT2D eigenvalue weighted by atomic mass is 79.9. The third kappa shape index (κ3) is 3.42. The Morgan fingerprint density at radius 1 is 1.22 bits per heavy atom. The van der Waals surface area contributed by atoms with Crippen molar-refractivity contribution >= 4 is 31.9 Å². The molecule has 6 heteroatoms. The van der Waals surface area contributed by atoms with Crippen molar-refractivity contribution in [2.24, 2.45) is 0 Å². The minimum absolute atomic E-state index is 1.59. The van der Waals surface area contributed by atoms with E-state index in [2.05, 4.69) is 31.9 Å². The van der Waals surface area contributed by atoms with E-state index in [0.29, 0.717) is 0 Å². The summed E-state index contributed by atoms with van der Waals surface area (Å²) in [5, 5.41) is 6.72. The van der Waals surface area contributed by atoms with Crippen molar-refractivity contribution in [1.82, 2.24) is 0 Å². The third-order valence-corrected chi connectivity index (χ3v) is 2.81. The molecule has 0 aromatic heterocycles. The Labute approximate surface area is 66.5 Å². The van der Waals surface area contributed by atoms with Gasteiger partial charge < -0.3 is 5.11 Å². The Morgan fingerprint density at radius 2 is 1.56 bits per heavy atom. The van der Waals surface area contributed by atoms with E-state index in [-0.39, 0.29) is 0 Å². The highest BCUT2D eigenvalue weighted by molar-refractivity contribution is 9.12. The summed E-state index contributed by atoms with van der Waals surface area (Å²) in [6.07, 6.45) is -4.40. The van der Waals surface area contributed by atoms with Crippen LogP contribution in [0.2, 0.25) is 0 Å². The quantitative estimate of drug-likeness (QED) is 0.724. The van der Waals surface area contributed by atoms with Crippen molar-refractivity contribution in [2.75, 3.05) is 0 Å². The van der Waals surface area contributed by atoms with E-state index in [1.807, 2.05) is 0 Å². The van der Waals surface area contributed by atoms with E-state index < -0.39 is 16.0 Å². The van der Waals surface area contributed by atoms with E-state index in [0.717, 1.165) is 0 Å². The summed E-state index contributed by atoms with van der Waals surface area (Å²) in [6.45, 7) is 0. The molecule has 0 aromatic carbocycles. The zero-order chi connectivity index (χ0) is 7.65. The van der Waals surface area contributed by atoms with Gasteiger partial charge in [0.2, 0.25) is 0 Å². The first-order valence-corrected chi connectivity index (χ1v) is 3.71. The number of hydrogen-bond acceptors (Lipinski definition) is 1. The molecule has 0 saturated carbocycles. The van der Waals surface area contributed by atoms with Gasteiger partial charge in [0.1, 0.15) is 9.84 Å². The first-order chi connectivity index (χ1) is 3.85. The first-order valence-electron chi connectivity index (χ1n) is 1.88. The Morgan fingerprint density at radius 3 is 1.56 bits per heavy atom. The molecule has 0 amide bonds. The number of alkyl halides is 5. The van der Waals surface area contributed by atoms with Crippen molar-refractivity contribution in [3.05, 3.63) is 0 Å². The van der Waals surface area contributed by atoms with Crippen LogP contribution in [0.4, 0.5) is 13.2 Å². The maximum absolute atomic E-state index is 11.5. The van der Waals surface area contributed by atoms with Gasteiger partial charge in [-0.25, -0.2) is 0 Å². The molecule has 0 aliphatic heterocycles. The molecule has 0 rings (SSSR count). The third-order valence-electron chi connectivity index (χ3n) is 0.554. The molecule has 0 heterocycles. The first kappa shape index (κ1) is 9.71. The molecule has 1 N–H and O–H groups in total. The summed E-state index contributed by atoms with van der Waals surface area (Å²) in [6, 6.07) is 0. The second kappa shape index (κ2) is 3.21. The molecule has 0 aliphatic carbocycles. The second-order valence-corrected chi connectivity index (χ2v) is 3.24. The SMILES string of the molecule is OC(Br)C(Br)C(F)(F)F. The second-order valence-electron chi connectivity index (χ2n) is 1.32. The zero-order valence-corrected chi connectivity index (χ0v) is 7.16. The molecule has 0 aliphatic rings. The fraction of sp³-hybridized carbons (Fsp3) is 1.00. The van der Waals surface area contributed by atoms with E-state index in [1.165, 1.54) is 0 Å². The van der Waals surface area contributed by atoms with Crippen LogP contribution in [0.5, 0.6) is 0 Å². The molecule has 56 valence electrons. The van der Waals surface area contributed by atoms with Crippen LogP contribution in [0.1, 0.15) is 0 Å². The lowest BCUT2D eigenvalue weighted by molar-refractivity contribution is -0.135. The summed E-state index contributed by atoms with van der Waals surface area (Å²) in [5.41, 5.74) is 0. The number of aliphatic hydroxyl groups excluding tert-OH is 1. The maximum atomic E-state index is 11.5. The highest BCUT2D eigenvalue weighted by Crippen LogP contribution is 2.30. The van der Waals surface area contributed by atoms with E-state index in [4.69, 9.17) is 5.11 Å². The molecule has 2 unspecified atom stereocenters. The smallest absolute Gasteiger partial charge is 0.380 e. The van der Waals surface area contributed by atoms with Crippen LogP contribution >= 0.6 is 31.9 Å². The fourth-order valence-electron chi connectivity index (χ4n) is 0.156. The molecule has 0 bridgehead atoms. The van der Waals surface area contributed by atoms with Gasteiger partial charge in [-0.1, -0.05) is 31.9 Å². The highest BCUT2D eigenvalue weighted by Gasteiger charge is 2.41. The van der Waals surface area contributed by atoms with Crippen LogP contribution in [0, 0.1) is 0 Å². The lowest BCUT2D eigenvalue weighted by Crippen LogP contribution is -2.30. The van der Waals surface area contributed by atoms with E-state index in [9.17, 15) is 13.2 Å². The van der Waals surface area contributed by atoms with Gasteiger partial charge >= 0.3 is 6.18 Å². The van der Waals surface area contributed by atoms with Crippen LogP contribution in [-0.2, 0) is 0 Å². The maximum Gasteiger partial charge on any atom is 0.404 e. The lowest BCUT2D eigenvalue weighted by atomic mass is 10.4. The van der Waals surface area contributed by atoms with Gasteiger partial charge in [0.15, 0.2) is 0 Å². The Hall–Kier alpha value is 0.710. The molecule has 1 nitrogen and oxygen atoms in total. The molecule has 9 heavy (non-hydrogen) atoms. The average molecular weight is 272 g/mol. The van der Waals surface area contributed by atoms with Gasteiger partial charge in [-0.05, 0) is 0 Å². The minimum atomic E-state index is -4.40. The molecule has 0 saturated heterocycles. The van der Waals surface area contributed by atoms with E-state index >= 15 is 0 Å². The number of halogens is 5. The molecule has 0 spiro atoms. The minimum Gasteiger partial charge on any atom is -0.380 e. The van der Waals surface area contributed by atoms with Crippen LogP contribution in [0.3, 0.4) is 0 Å². The molecule has 0 aromatic rings. The molecule has 2 atom stereocenters. The number of aliphatic hydroxyl groups is 1. The molecular weight excluding hydrogens is 269 g/mol. The zero-order valence-electron chi connectivity index (χ0n) is 3.99. The van der Waals surface area contributed by atoms with Gasteiger partial charge in [0, 0.05) is 0 Å². The van der Waals surface area contributed by atoms with Crippen LogP contribution < -0.4 is 0 Å². The molecule has 0 radical (unpaired) electrons. The molecular formula is C3H3Br2F3O. The Bertz CT molecular complexity index is 91.5. The Kier molecular flexibility index (Phi) is 3.46. The van der Waals surface area contributed by atoms with Crippen molar-refractivity contribution in [3.8, 4) is 0 Å². The Balaban J connectivity index is 3.88. The topological polar surface area (TPSA) is 20.2 Å². The van der Waals surface area contributed by atoms with E-state index in [1.54, 1.807) is 0 Å². The predicted molar refractivity (Wildman–Crippen MR) is 33.7 cm³/mol. The summed E-state index contributed by atoms with van der Waals surface area (Å²) in [4.78, 5) is -1.90. The summed E-state index contributed by atoms with van der Waals surface area (Å²) < 4.78 is 34.4. The predicted octanol–water partition coefficient (Wildman–Crippen LogP) is 2.03. The largest absolute Gasteiger partial charge is 0.404 e. The standard InChI is InChI=1S/C3H3Br2F3O/c4-1(2(5)9)3(6,7)8/h1-2,9H. The van der Waals surface area contributed by atoms with Gasteiger partial charge in [0.25, 0.3) is 0 Å². The summed E-state index contributed by atoms with van der Waals surface area (Å²) in [7, 11) is 0. The van der Waals surface area contributed by atoms with Crippen molar-refractivity contribution in [2.45, 2.75) is 16.0 Å². The summed E-state index contributed by atoms with van der Waals surface area (Å²) >= 11 is 4.60. The van der Waals surface area contributed by atoms with Gasteiger partial charge in [-0.2, -0.15) is 13.2 Å². The van der Waals surface area contributed by atoms with Crippen LogP contribution in [-0.4, -0.2) is 21.1 Å². The number of hydrogen-bond donors (Lipinski definition) is 1. The lowest BCUT2D eigenvalue weighted by Gasteiger charge is -2.14. The van der Waals surface area contributed by atoms with Crippen molar-refractivity contribution < 1.29 is 18.3 Å². The number of rotatable bonds is 1. The summed E-state index contributed by atoms with van der Waals surface area (Å²) in [5.74, 6) is 0. The molecule has 0 fully saturated rings. The van der Waals surface area contributed by atoms with Gasteiger partial charge in [-0.3, -0.25) is 0 Å². The van der Waals surface area contributed by atoms with Gasteiger partial charge in [-0.15, -0.1) is 0 Å². The fourth-order valence-corrected chi connectivity index (χ4v) is 0.456. The van der Waals surface area contributed by atoms with Gasteiger partial charge in [0.05, 0.1) is 0 Å². The van der Waals surface area contributed by atoms with Crippen LogP contribution in [0.25, 0.3) is 0 Å². The van der Waals surface area contributed by atoms with Crippen LogP contribution in [0.15, 0.2) is 0 Å². The monoisotopic (exact) mass is 270 g/mol. The van der Waals surface area contributed by atoms with Crippen molar-refractivity contribution in [1.29, 1.82) is 0 Å². The average Bonchev–Trinajstić information content (AvgIpc) is 1.62.